The highest BCUT2D eigenvalue weighted by atomic mass is 79.9. The highest BCUT2D eigenvalue weighted by Gasteiger charge is 2.03. The summed E-state index contributed by atoms with van der Waals surface area (Å²) in [6, 6.07) is 13.2. The van der Waals surface area contributed by atoms with E-state index in [9.17, 15) is 0 Å². The molecule has 19 heavy (non-hydrogen) atoms. The van der Waals surface area contributed by atoms with Crippen LogP contribution in [0.15, 0.2) is 42.5 Å². The van der Waals surface area contributed by atoms with Gasteiger partial charge in [-0.05, 0) is 36.8 Å². The molecule has 100 valence electrons. The normalized spacial score (nSPS) is 10.3. The first-order valence-electron chi connectivity index (χ1n) is 5.98. The Balaban J connectivity index is 2.16. The minimum Gasteiger partial charge on any atom is -0.494 e. The van der Waals surface area contributed by atoms with E-state index in [4.69, 9.17) is 21.1 Å². The molecular formula is C15H14BrClO2. The molecular weight excluding hydrogens is 328 g/mol. The van der Waals surface area contributed by atoms with Crippen molar-refractivity contribution in [3.05, 3.63) is 53.1 Å². The third kappa shape index (κ3) is 3.88. The van der Waals surface area contributed by atoms with Gasteiger partial charge in [-0.15, -0.1) is 0 Å². The molecule has 0 radical (unpaired) electrons. The number of halogens is 2. The van der Waals surface area contributed by atoms with Gasteiger partial charge in [0, 0.05) is 16.4 Å². The summed E-state index contributed by atoms with van der Waals surface area (Å²) in [6.07, 6.45) is 0. The first-order valence-corrected chi connectivity index (χ1v) is 7.48. The fourth-order valence-electron chi connectivity index (χ4n) is 1.63. The number of hydrogen-bond acceptors (Lipinski definition) is 2. The summed E-state index contributed by atoms with van der Waals surface area (Å²) in [7, 11) is 0. The highest BCUT2D eigenvalue weighted by Crippen LogP contribution is 2.29. The predicted octanol–water partition coefficient (Wildman–Crippen LogP) is 5.43. The van der Waals surface area contributed by atoms with Crippen LogP contribution >= 0.6 is 27.5 Å². The average Bonchev–Trinajstić information content (AvgIpc) is 2.40. The lowest BCUT2D eigenvalue weighted by molar-refractivity contribution is 0.338. The van der Waals surface area contributed by atoms with Crippen LogP contribution < -0.4 is 9.47 Å². The van der Waals surface area contributed by atoms with Crippen molar-refractivity contribution in [2.24, 2.45) is 0 Å². The fourth-order valence-corrected chi connectivity index (χ4v) is 2.52. The summed E-state index contributed by atoms with van der Waals surface area (Å²) < 4.78 is 11.2. The zero-order valence-corrected chi connectivity index (χ0v) is 12.9. The monoisotopic (exact) mass is 340 g/mol. The number of benzene rings is 2. The minimum atomic E-state index is 0.634. The van der Waals surface area contributed by atoms with Crippen LogP contribution in [0.2, 0.25) is 5.02 Å². The first-order chi connectivity index (χ1) is 9.22. The molecule has 2 rings (SSSR count). The summed E-state index contributed by atoms with van der Waals surface area (Å²) in [5.74, 6) is 2.24. The Labute approximate surface area is 126 Å². The smallest absolute Gasteiger partial charge is 0.131 e. The molecule has 0 aliphatic rings. The van der Waals surface area contributed by atoms with E-state index in [-0.39, 0.29) is 0 Å². The van der Waals surface area contributed by atoms with E-state index in [0.717, 1.165) is 22.4 Å². The van der Waals surface area contributed by atoms with Crippen molar-refractivity contribution in [1.82, 2.24) is 0 Å². The minimum absolute atomic E-state index is 0.634. The molecule has 2 aromatic rings. The molecule has 0 amide bonds. The van der Waals surface area contributed by atoms with Gasteiger partial charge in [-0.2, -0.15) is 0 Å². The van der Waals surface area contributed by atoms with Gasteiger partial charge in [0.05, 0.1) is 6.61 Å². The maximum Gasteiger partial charge on any atom is 0.131 e. The molecule has 0 saturated carbocycles. The second-order valence-corrected chi connectivity index (χ2v) is 4.86. The topological polar surface area (TPSA) is 18.5 Å². The second kappa shape index (κ2) is 6.83. The van der Waals surface area contributed by atoms with Crippen LogP contribution in [0.4, 0.5) is 0 Å². The lowest BCUT2D eigenvalue weighted by Gasteiger charge is -2.09. The molecule has 0 aromatic heterocycles. The van der Waals surface area contributed by atoms with Crippen molar-refractivity contribution < 1.29 is 9.47 Å². The Kier molecular flexibility index (Phi) is 5.11. The molecule has 0 unspecified atom stereocenters. The summed E-state index contributed by atoms with van der Waals surface area (Å²) in [6.45, 7) is 2.58. The van der Waals surface area contributed by atoms with Crippen LogP contribution in [0.3, 0.4) is 0 Å². The molecule has 0 aliphatic heterocycles. The van der Waals surface area contributed by atoms with E-state index in [0.29, 0.717) is 17.4 Å². The maximum atomic E-state index is 6.14. The summed E-state index contributed by atoms with van der Waals surface area (Å²) >= 11 is 9.53. The SMILES string of the molecule is CCOc1cccc(Oc2ccc(CBr)c(Cl)c2)c1. The van der Waals surface area contributed by atoms with Gasteiger partial charge in [0.25, 0.3) is 0 Å². The van der Waals surface area contributed by atoms with Gasteiger partial charge in [-0.3, -0.25) is 0 Å². The summed E-state index contributed by atoms with van der Waals surface area (Å²) in [5.41, 5.74) is 1.04. The van der Waals surface area contributed by atoms with Gasteiger partial charge < -0.3 is 9.47 Å². The standard InChI is InChI=1S/C15H14BrClO2/c1-2-18-12-4-3-5-13(8-12)19-14-7-6-11(10-16)15(17)9-14/h3-9H,2,10H2,1H3. The Hall–Kier alpha value is -1.19. The number of hydrogen-bond donors (Lipinski definition) is 0. The van der Waals surface area contributed by atoms with Gasteiger partial charge in [0.15, 0.2) is 0 Å². The van der Waals surface area contributed by atoms with Crippen LogP contribution in [0, 0.1) is 0 Å². The van der Waals surface area contributed by atoms with Crippen LogP contribution in [0.25, 0.3) is 0 Å². The Morgan fingerprint density at radius 2 is 1.79 bits per heavy atom. The van der Waals surface area contributed by atoms with Gasteiger partial charge in [0.2, 0.25) is 0 Å². The highest BCUT2D eigenvalue weighted by molar-refractivity contribution is 9.08. The molecule has 0 spiro atoms. The van der Waals surface area contributed by atoms with Crippen molar-refractivity contribution in [3.63, 3.8) is 0 Å². The molecule has 2 aromatic carbocycles. The Bertz CT molecular complexity index is 558. The van der Waals surface area contributed by atoms with Crippen LogP contribution in [0.1, 0.15) is 12.5 Å². The zero-order chi connectivity index (χ0) is 13.7. The average molecular weight is 342 g/mol. The Morgan fingerprint density at radius 3 is 2.47 bits per heavy atom. The molecule has 0 N–H and O–H groups in total. The van der Waals surface area contributed by atoms with Gasteiger partial charge in [-0.1, -0.05) is 39.7 Å². The molecule has 4 heteroatoms. The van der Waals surface area contributed by atoms with Gasteiger partial charge in [-0.25, -0.2) is 0 Å². The third-order valence-corrected chi connectivity index (χ3v) is 3.48. The van der Waals surface area contributed by atoms with E-state index >= 15 is 0 Å². The number of ether oxygens (including phenoxy) is 2. The third-order valence-electron chi connectivity index (χ3n) is 2.52. The number of rotatable bonds is 5. The lowest BCUT2D eigenvalue weighted by atomic mass is 10.2. The van der Waals surface area contributed by atoms with Crippen LogP contribution in [-0.2, 0) is 5.33 Å². The van der Waals surface area contributed by atoms with E-state index in [1.165, 1.54) is 0 Å². The molecule has 0 heterocycles. The molecule has 0 fully saturated rings. The second-order valence-electron chi connectivity index (χ2n) is 3.90. The lowest BCUT2D eigenvalue weighted by Crippen LogP contribution is -1.92. The molecule has 0 bridgehead atoms. The van der Waals surface area contributed by atoms with Crippen molar-refractivity contribution >= 4 is 27.5 Å². The van der Waals surface area contributed by atoms with E-state index in [1.807, 2.05) is 49.4 Å². The largest absolute Gasteiger partial charge is 0.494 e. The van der Waals surface area contributed by atoms with Gasteiger partial charge in [0.1, 0.15) is 17.2 Å². The zero-order valence-electron chi connectivity index (χ0n) is 10.5. The van der Waals surface area contributed by atoms with Crippen molar-refractivity contribution in [1.29, 1.82) is 0 Å². The summed E-state index contributed by atoms with van der Waals surface area (Å²) in [5, 5.41) is 1.42. The molecule has 2 nitrogen and oxygen atoms in total. The van der Waals surface area contributed by atoms with Gasteiger partial charge >= 0.3 is 0 Å². The van der Waals surface area contributed by atoms with E-state index < -0.39 is 0 Å². The molecule has 0 aliphatic carbocycles. The quantitative estimate of drug-likeness (QED) is 0.675. The molecule has 0 atom stereocenters. The van der Waals surface area contributed by atoms with Crippen LogP contribution in [-0.4, -0.2) is 6.61 Å². The Morgan fingerprint density at radius 1 is 1.05 bits per heavy atom. The van der Waals surface area contributed by atoms with Crippen LogP contribution in [0.5, 0.6) is 17.2 Å². The van der Waals surface area contributed by atoms with E-state index in [2.05, 4.69) is 15.9 Å². The predicted molar refractivity (Wildman–Crippen MR) is 81.8 cm³/mol. The van der Waals surface area contributed by atoms with Crippen molar-refractivity contribution in [3.8, 4) is 17.2 Å². The maximum absolute atomic E-state index is 6.14. The fraction of sp³-hybridized carbons (Fsp3) is 0.200. The first kappa shape index (κ1) is 14.2. The van der Waals surface area contributed by atoms with E-state index in [1.54, 1.807) is 0 Å². The van der Waals surface area contributed by atoms with Crippen molar-refractivity contribution in [2.75, 3.05) is 6.61 Å². The number of alkyl halides is 1. The summed E-state index contributed by atoms with van der Waals surface area (Å²) in [4.78, 5) is 0. The van der Waals surface area contributed by atoms with Crippen molar-refractivity contribution in [2.45, 2.75) is 12.3 Å². The molecule has 0 saturated heterocycles.